The third-order valence-electron chi connectivity index (χ3n) is 4.44. The maximum absolute atomic E-state index is 12.1. The highest BCUT2D eigenvalue weighted by Gasteiger charge is 2.05. The largest absolute Gasteiger partial charge is 0.493 e. The number of aryl methyl sites for hydroxylation is 1. The number of pyridine rings is 1. The first kappa shape index (κ1) is 21.7. The summed E-state index contributed by atoms with van der Waals surface area (Å²) in [6, 6.07) is 18.9. The number of ether oxygens (including phenoxy) is 2. The van der Waals surface area contributed by atoms with Crippen LogP contribution in [0.25, 0.3) is 0 Å². The maximum Gasteiger partial charge on any atom is 0.220 e. The lowest BCUT2D eigenvalue weighted by atomic mass is 10.2. The summed E-state index contributed by atoms with van der Waals surface area (Å²) in [5.41, 5.74) is 2.83. The van der Waals surface area contributed by atoms with E-state index >= 15 is 0 Å². The summed E-state index contributed by atoms with van der Waals surface area (Å²) >= 11 is 5.94. The monoisotopic (exact) mass is 424 g/mol. The van der Waals surface area contributed by atoms with Gasteiger partial charge in [-0.15, -0.1) is 0 Å². The number of aromatic nitrogens is 1. The SMILES string of the molecule is Cc1cc(Cl)ccc1OCCCC(=O)NCc1cccc(OCc2ccccn2)c1. The zero-order chi connectivity index (χ0) is 21.2. The fraction of sp³-hybridized carbons (Fsp3) is 0.250. The van der Waals surface area contributed by atoms with Crippen molar-refractivity contribution in [2.45, 2.75) is 32.9 Å². The number of nitrogens with one attached hydrogen (secondary N) is 1. The van der Waals surface area contributed by atoms with Gasteiger partial charge in [-0.25, -0.2) is 0 Å². The van der Waals surface area contributed by atoms with Crippen LogP contribution in [0.1, 0.15) is 29.7 Å². The van der Waals surface area contributed by atoms with Gasteiger partial charge in [-0.05, 0) is 66.9 Å². The van der Waals surface area contributed by atoms with E-state index in [1.807, 2.05) is 61.5 Å². The Morgan fingerprint density at radius 2 is 1.97 bits per heavy atom. The van der Waals surface area contributed by atoms with Gasteiger partial charge in [0, 0.05) is 24.2 Å². The standard InChI is InChI=1S/C24H25ClN2O3/c1-18-14-20(25)10-11-23(18)29-13-5-9-24(28)27-16-19-6-4-8-22(15-19)30-17-21-7-2-3-12-26-21/h2-4,6-8,10-12,14-15H,5,9,13,16-17H2,1H3,(H,27,28). The smallest absolute Gasteiger partial charge is 0.220 e. The van der Waals surface area contributed by atoms with Gasteiger partial charge < -0.3 is 14.8 Å². The number of carbonyl (C=O) groups is 1. The molecule has 0 unspecified atom stereocenters. The molecule has 1 heterocycles. The van der Waals surface area contributed by atoms with Crippen molar-refractivity contribution in [2.75, 3.05) is 6.61 Å². The van der Waals surface area contributed by atoms with Crippen LogP contribution in [0.15, 0.2) is 66.9 Å². The van der Waals surface area contributed by atoms with E-state index in [1.165, 1.54) is 0 Å². The molecule has 30 heavy (non-hydrogen) atoms. The van der Waals surface area contributed by atoms with E-state index in [2.05, 4.69) is 10.3 Å². The minimum Gasteiger partial charge on any atom is -0.493 e. The number of halogens is 1. The zero-order valence-electron chi connectivity index (χ0n) is 16.9. The molecule has 1 amide bonds. The molecule has 5 nitrogen and oxygen atoms in total. The molecule has 3 rings (SSSR count). The first-order chi connectivity index (χ1) is 14.6. The third-order valence-corrected chi connectivity index (χ3v) is 4.68. The van der Waals surface area contributed by atoms with Crippen molar-refractivity contribution in [1.82, 2.24) is 10.3 Å². The number of hydrogen-bond acceptors (Lipinski definition) is 4. The first-order valence-electron chi connectivity index (χ1n) is 9.87. The van der Waals surface area contributed by atoms with Crippen LogP contribution in [0.2, 0.25) is 5.02 Å². The Hall–Kier alpha value is -3.05. The average Bonchev–Trinajstić information content (AvgIpc) is 2.76. The fourth-order valence-corrected chi connectivity index (χ4v) is 3.09. The number of benzene rings is 2. The molecule has 0 radical (unpaired) electrons. The molecule has 1 N–H and O–H groups in total. The van der Waals surface area contributed by atoms with E-state index in [9.17, 15) is 4.79 Å². The van der Waals surface area contributed by atoms with Crippen LogP contribution in [0.4, 0.5) is 0 Å². The lowest BCUT2D eigenvalue weighted by Crippen LogP contribution is -2.23. The van der Waals surface area contributed by atoms with Crippen LogP contribution in [-0.4, -0.2) is 17.5 Å². The van der Waals surface area contributed by atoms with Crippen LogP contribution in [0.5, 0.6) is 11.5 Å². The summed E-state index contributed by atoms with van der Waals surface area (Å²) in [5, 5.41) is 3.62. The van der Waals surface area contributed by atoms with E-state index in [0.29, 0.717) is 37.6 Å². The normalized spacial score (nSPS) is 10.5. The van der Waals surface area contributed by atoms with Crippen LogP contribution < -0.4 is 14.8 Å². The van der Waals surface area contributed by atoms with Gasteiger partial charge in [0.15, 0.2) is 0 Å². The molecular weight excluding hydrogens is 400 g/mol. The van der Waals surface area contributed by atoms with Crippen molar-refractivity contribution in [3.8, 4) is 11.5 Å². The first-order valence-corrected chi connectivity index (χ1v) is 10.3. The van der Waals surface area contributed by atoms with Gasteiger partial charge in [-0.2, -0.15) is 0 Å². The van der Waals surface area contributed by atoms with Gasteiger partial charge in [-0.3, -0.25) is 9.78 Å². The van der Waals surface area contributed by atoms with Crippen molar-refractivity contribution < 1.29 is 14.3 Å². The van der Waals surface area contributed by atoms with E-state index in [1.54, 1.807) is 12.3 Å². The molecule has 0 spiro atoms. The number of rotatable bonds is 10. The highest BCUT2D eigenvalue weighted by Crippen LogP contribution is 2.22. The summed E-state index contributed by atoms with van der Waals surface area (Å²) in [7, 11) is 0. The molecule has 0 aliphatic rings. The number of nitrogens with zero attached hydrogens (tertiary/aromatic N) is 1. The lowest BCUT2D eigenvalue weighted by molar-refractivity contribution is -0.121. The average molecular weight is 425 g/mol. The van der Waals surface area contributed by atoms with Crippen molar-refractivity contribution in [3.05, 3.63) is 88.7 Å². The fourth-order valence-electron chi connectivity index (χ4n) is 2.86. The van der Waals surface area contributed by atoms with E-state index in [0.717, 1.165) is 28.3 Å². The molecule has 0 saturated carbocycles. The zero-order valence-corrected chi connectivity index (χ0v) is 17.7. The van der Waals surface area contributed by atoms with Crippen LogP contribution >= 0.6 is 11.6 Å². The van der Waals surface area contributed by atoms with E-state index in [4.69, 9.17) is 21.1 Å². The number of amides is 1. The molecule has 2 aromatic carbocycles. The summed E-state index contributed by atoms with van der Waals surface area (Å²) < 4.78 is 11.5. The third kappa shape index (κ3) is 7.08. The summed E-state index contributed by atoms with van der Waals surface area (Å²) in [5.74, 6) is 1.53. The molecule has 156 valence electrons. The predicted octanol–water partition coefficient (Wildman–Crippen LogP) is 5.10. The number of carbonyl (C=O) groups excluding carboxylic acids is 1. The van der Waals surface area contributed by atoms with E-state index < -0.39 is 0 Å². The summed E-state index contributed by atoms with van der Waals surface area (Å²) in [6.45, 7) is 3.29. The second kappa shape index (κ2) is 11.2. The van der Waals surface area contributed by atoms with E-state index in [-0.39, 0.29) is 5.91 Å². The second-order valence-corrected chi connectivity index (χ2v) is 7.33. The molecule has 0 saturated heterocycles. The van der Waals surface area contributed by atoms with Crippen molar-refractivity contribution >= 4 is 17.5 Å². The molecule has 6 heteroatoms. The van der Waals surface area contributed by atoms with Gasteiger partial charge in [0.1, 0.15) is 18.1 Å². The van der Waals surface area contributed by atoms with Gasteiger partial charge in [0.05, 0.1) is 12.3 Å². The maximum atomic E-state index is 12.1. The topological polar surface area (TPSA) is 60.5 Å². The minimum absolute atomic E-state index is 0.00812. The van der Waals surface area contributed by atoms with Gasteiger partial charge in [0.25, 0.3) is 0 Å². The number of hydrogen-bond donors (Lipinski definition) is 1. The Kier molecular flexibility index (Phi) is 8.10. The molecule has 0 atom stereocenters. The molecule has 1 aromatic heterocycles. The summed E-state index contributed by atoms with van der Waals surface area (Å²) in [4.78, 5) is 16.4. The van der Waals surface area contributed by atoms with Gasteiger partial charge in [-0.1, -0.05) is 29.8 Å². The van der Waals surface area contributed by atoms with Gasteiger partial charge >= 0.3 is 0 Å². The Bertz CT molecular complexity index is 964. The molecule has 0 aliphatic carbocycles. The van der Waals surface area contributed by atoms with Crippen molar-refractivity contribution in [1.29, 1.82) is 0 Å². The van der Waals surface area contributed by atoms with Crippen molar-refractivity contribution in [2.24, 2.45) is 0 Å². The quantitative estimate of drug-likeness (QED) is 0.460. The predicted molar refractivity (Wildman–Crippen MR) is 118 cm³/mol. The molecule has 3 aromatic rings. The molecule has 0 fully saturated rings. The Morgan fingerprint density at radius 1 is 1.07 bits per heavy atom. The Labute approximate surface area is 182 Å². The Morgan fingerprint density at radius 3 is 2.77 bits per heavy atom. The van der Waals surface area contributed by atoms with Gasteiger partial charge in [0.2, 0.25) is 5.91 Å². The Balaban J connectivity index is 1.37. The lowest BCUT2D eigenvalue weighted by Gasteiger charge is -2.10. The van der Waals surface area contributed by atoms with Crippen LogP contribution in [-0.2, 0) is 17.9 Å². The molecular formula is C24H25ClN2O3. The highest BCUT2D eigenvalue weighted by atomic mass is 35.5. The second-order valence-electron chi connectivity index (χ2n) is 6.90. The summed E-state index contributed by atoms with van der Waals surface area (Å²) in [6.07, 6.45) is 2.79. The minimum atomic E-state index is -0.00812. The van der Waals surface area contributed by atoms with Crippen molar-refractivity contribution in [3.63, 3.8) is 0 Å². The molecule has 0 bridgehead atoms. The molecule has 0 aliphatic heterocycles. The highest BCUT2D eigenvalue weighted by molar-refractivity contribution is 6.30. The van der Waals surface area contributed by atoms with Crippen LogP contribution in [0.3, 0.4) is 0 Å². The van der Waals surface area contributed by atoms with Crippen LogP contribution in [0, 0.1) is 6.92 Å².